The van der Waals surface area contributed by atoms with E-state index in [9.17, 15) is 0 Å². The Morgan fingerprint density at radius 3 is 2.79 bits per heavy atom. The van der Waals surface area contributed by atoms with Gasteiger partial charge in [-0.3, -0.25) is 0 Å². The number of ether oxygens (including phenoxy) is 1. The third-order valence-electron chi connectivity index (χ3n) is 3.88. The Hall–Kier alpha value is -1.33. The molecule has 0 amide bonds. The molecule has 0 spiro atoms. The Labute approximate surface area is 116 Å². The van der Waals surface area contributed by atoms with Gasteiger partial charge in [-0.2, -0.15) is 0 Å². The van der Waals surface area contributed by atoms with Crippen molar-refractivity contribution in [2.45, 2.75) is 18.8 Å². The fourth-order valence-corrected chi connectivity index (χ4v) is 3.68. The second-order valence-corrected chi connectivity index (χ2v) is 6.33. The molecule has 2 fully saturated rings. The summed E-state index contributed by atoms with van der Waals surface area (Å²) in [7, 11) is 0. The Bertz CT molecular complexity index is 614. The molecule has 0 bridgehead atoms. The van der Waals surface area contributed by atoms with Gasteiger partial charge in [0.25, 0.3) is 0 Å². The molecular weight excluding hydrogens is 258 g/mol. The van der Waals surface area contributed by atoms with E-state index in [4.69, 9.17) is 15.5 Å². The van der Waals surface area contributed by atoms with Gasteiger partial charge in [-0.15, -0.1) is 0 Å². The lowest BCUT2D eigenvalue weighted by atomic mass is 10.1. The minimum Gasteiger partial charge on any atom is -0.398 e. The lowest BCUT2D eigenvalue weighted by Crippen LogP contribution is -2.36. The number of fused-ring (bicyclic) bond motifs is 1. The lowest BCUT2D eigenvalue weighted by Gasteiger charge is -2.25. The fourth-order valence-electron chi connectivity index (χ4n) is 2.63. The molecule has 2 heterocycles. The fraction of sp³-hybridized carbons (Fsp3) is 0.500. The van der Waals surface area contributed by atoms with Crippen molar-refractivity contribution in [1.29, 1.82) is 0 Å². The van der Waals surface area contributed by atoms with Crippen LogP contribution in [0.5, 0.6) is 0 Å². The molecule has 1 aliphatic heterocycles. The number of nitrogens with zero attached hydrogens (tertiary/aromatic N) is 2. The number of benzene rings is 1. The van der Waals surface area contributed by atoms with Gasteiger partial charge in [-0.05, 0) is 36.5 Å². The number of thiazole rings is 1. The number of hydrogen-bond acceptors (Lipinski definition) is 5. The summed E-state index contributed by atoms with van der Waals surface area (Å²) in [4.78, 5) is 7.09. The molecule has 1 aromatic heterocycles. The van der Waals surface area contributed by atoms with Gasteiger partial charge in [0.2, 0.25) is 0 Å². The summed E-state index contributed by atoms with van der Waals surface area (Å²) in [5, 5.41) is 1.10. The smallest absolute Gasteiger partial charge is 0.186 e. The highest BCUT2D eigenvalue weighted by Crippen LogP contribution is 2.44. The monoisotopic (exact) mass is 275 g/mol. The van der Waals surface area contributed by atoms with Crippen LogP contribution in [-0.2, 0) is 4.74 Å². The number of anilines is 2. The minimum atomic E-state index is 0.679. The average molecular weight is 275 g/mol. The Balaban J connectivity index is 1.73. The molecule has 1 saturated carbocycles. The molecule has 2 N–H and O–H groups in total. The number of aromatic nitrogens is 1. The molecule has 2 aromatic rings. The first-order valence-electron chi connectivity index (χ1n) is 6.84. The first-order chi connectivity index (χ1) is 9.31. The summed E-state index contributed by atoms with van der Waals surface area (Å²) in [6.45, 7) is 3.46. The number of hydrogen-bond donors (Lipinski definition) is 1. The molecule has 0 atom stereocenters. The van der Waals surface area contributed by atoms with E-state index in [2.05, 4.69) is 17.0 Å². The van der Waals surface area contributed by atoms with E-state index in [-0.39, 0.29) is 0 Å². The molecule has 4 rings (SSSR count). The highest BCUT2D eigenvalue weighted by molar-refractivity contribution is 7.22. The second kappa shape index (κ2) is 4.35. The summed E-state index contributed by atoms with van der Waals surface area (Å²) in [5.41, 5.74) is 9.49. The SMILES string of the molecule is Nc1cc2sc(N3CCOCC3)nc2cc1C1CC1. The molecule has 0 radical (unpaired) electrons. The van der Waals surface area contributed by atoms with Gasteiger partial charge in [0.1, 0.15) is 0 Å². The standard InChI is InChI=1S/C14H17N3OS/c15-11-8-13-12(7-10(11)9-1-2-9)16-14(19-13)17-3-5-18-6-4-17/h7-9H,1-6,15H2. The van der Waals surface area contributed by atoms with Crippen LogP contribution in [0.2, 0.25) is 0 Å². The topological polar surface area (TPSA) is 51.4 Å². The van der Waals surface area contributed by atoms with Crippen molar-refractivity contribution >= 4 is 32.4 Å². The van der Waals surface area contributed by atoms with Crippen LogP contribution in [0.15, 0.2) is 12.1 Å². The summed E-state index contributed by atoms with van der Waals surface area (Å²) in [5.74, 6) is 0.679. The molecule has 1 saturated heterocycles. The van der Waals surface area contributed by atoms with Crippen LogP contribution in [0.3, 0.4) is 0 Å². The predicted octanol–water partition coefficient (Wildman–Crippen LogP) is 2.59. The maximum absolute atomic E-state index is 6.16. The van der Waals surface area contributed by atoms with E-state index < -0.39 is 0 Å². The van der Waals surface area contributed by atoms with Crippen molar-refractivity contribution in [3.63, 3.8) is 0 Å². The average Bonchev–Trinajstić information content (AvgIpc) is 3.19. The van der Waals surface area contributed by atoms with Crippen molar-refractivity contribution < 1.29 is 4.74 Å². The number of nitrogens with two attached hydrogens (primary N) is 1. The normalized spacial score (nSPS) is 20.1. The van der Waals surface area contributed by atoms with Gasteiger partial charge in [0.15, 0.2) is 5.13 Å². The molecule has 100 valence electrons. The Kier molecular flexibility index (Phi) is 2.63. The van der Waals surface area contributed by atoms with Crippen LogP contribution in [0.25, 0.3) is 10.2 Å². The van der Waals surface area contributed by atoms with Gasteiger partial charge >= 0.3 is 0 Å². The number of nitrogen functional groups attached to an aromatic ring is 1. The molecule has 19 heavy (non-hydrogen) atoms. The summed E-state index contributed by atoms with van der Waals surface area (Å²) in [6.07, 6.45) is 2.55. The maximum atomic E-state index is 6.16. The van der Waals surface area contributed by atoms with Crippen LogP contribution in [0.4, 0.5) is 10.8 Å². The van der Waals surface area contributed by atoms with Crippen molar-refractivity contribution in [2.75, 3.05) is 36.9 Å². The zero-order valence-corrected chi connectivity index (χ0v) is 11.6. The van der Waals surface area contributed by atoms with E-state index in [1.807, 2.05) is 0 Å². The summed E-state index contributed by atoms with van der Waals surface area (Å²) in [6, 6.07) is 4.30. The van der Waals surface area contributed by atoms with E-state index in [0.29, 0.717) is 5.92 Å². The van der Waals surface area contributed by atoms with E-state index in [1.165, 1.54) is 23.1 Å². The van der Waals surface area contributed by atoms with E-state index in [1.54, 1.807) is 11.3 Å². The first kappa shape index (κ1) is 11.5. The van der Waals surface area contributed by atoms with Crippen LogP contribution >= 0.6 is 11.3 Å². The molecule has 5 heteroatoms. The van der Waals surface area contributed by atoms with Crippen LogP contribution in [0, 0.1) is 0 Å². The van der Waals surface area contributed by atoms with Gasteiger partial charge in [0, 0.05) is 18.8 Å². The third kappa shape index (κ3) is 2.07. The van der Waals surface area contributed by atoms with Crippen molar-refractivity contribution in [3.05, 3.63) is 17.7 Å². The summed E-state index contributed by atoms with van der Waals surface area (Å²) < 4.78 is 6.59. The first-order valence-corrected chi connectivity index (χ1v) is 7.65. The Morgan fingerprint density at radius 1 is 1.26 bits per heavy atom. The van der Waals surface area contributed by atoms with Gasteiger partial charge in [-0.1, -0.05) is 11.3 Å². The van der Waals surface area contributed by atoms with E-state index >= 15 is 0 Å². The zero-order valence-electron chi connectivity index (χ0n) is 10.8. The van der Waals surface area contributed by atoms with Crippen molar-refractivity contribution in [2.24, 2.45) is 0 Å². The molecule has 0 unspecified atom stereocenters. The Morgan fingerprint density at radius 2 is 2.05 bits per heavy atom. The molecule has 1 aromatic carbocycles. The van der Waals surface area contributed by atoms with Gasteiger partial charge in [-0.25, -0.2) is 4.98 Å². The largest absolute Gasteiger partial charge is 0.398 e. The molecular formula is C14H17N3OS. The van der Waals surface area contributed by atoms with Crippen LogP contribution < -0.4 is 10.6 Å². The lowest BCUT2D eigenvalue weighted by molar-refractivity contribution is 0.122. The van der Waals surface area contributed by atoms with Crippen LogP contribution in [0.1, 0.15) is 24.3 Å². The second-order valence-electron chi connectivity index (χ2n) is 5.32. The van der Waals surface area contributed by atoms with Crippen LogP contribution in [-0.4, -0.2) is 31.3 Å². The third-order valence-corrected chi connectivity index (χ3v) is 4.96. The summed E-state index contributed by atoms with van der Waals surface area (Å²) >= 11 is 1.74. The quantitative estimate of drug-likeness (QED) is 0.856. The highest BCUT2D eigenvalue weighted by Gasteiger charge is 2.26. The minimum absolute atomic E-state index is 0.679. The molecule has 1 aliphatic carbocycles. The maximum Gasteiger partial charge on any atom is 0.186 e. The number of morpholine rings is 1. The molecule has 2 aliphatic rings. The zero-order chi connectivity index (χ0) is 12.8. The highest BCUT2D eigenvalue weighted by atomic mass is 32.1. The van der Waals surface area contributed by atoms with Crippen molar-refractivity contribution in [1.82, 2.24) is 4.98 Å². The number of rotatable bonds is 2. The van der Waals surface area contributed by atoms with E-state index in [0.717, 1.165) is 42.6 Å². The van der Waals surface area contributed by atoms with Gasteiger partial charge in [0.05, 0.1) is 23.4 Å². The van der Waals surface area contributed by atoms with Crippen molar-refractivity contribution in [3.8, 4) is 0 Å². The molecule has 4 nitrogen and oxygen atoms in total. The van der Waals surface area contributed by atoms with Gasteiger partial charge < -0.3 is 15.4 Å². The predicted molar refractivity (Wildman–Crippen MR) is 79.0 cm³/mol.